The summed E-state index contributed by atoms with van der Waals surface area (Å²) < 4.78 is 5.24. The summed E-state index contributed by atoms with van der Waals surface area (Å²) in [5.41, 5.74) is 0. The van der Waals surface area contributed by atoms with Crippen molar-refractivity contribution in [3.8, 4) is 0 Å². The predicted molar refractivity (Wildman–Crippen MR) is 125 cm³/mol. The molecule has 2 rings (SSSR count). The average molecular weight is 495 g/mol. The Balaban J connectivity index is 0.00000364. The van der Waals surface area contributed by atoms with E-state index in [0.29, 0.717) is 6.04 Å². The van der Waals surface area contributed by atoms with Crippen LogP contribution in [-0.4, -0.2) is 87.4 Å². The van der Waals surface area contributed by atoms with Gasteiger partial charge in [-0.15, -0.1) is 24.0 Å². The second-order valence-electron chi connectivity index (χ2n) is 7.57. The maximum absolute atomic E-state index is 5.24. The first-order valence-corrected chi connectivity index (χ1v) is 10.8. The zero-order chi connectivity index (χ0) is 18.6. The van der Waals surface area contributed by atoms with Crippen LogP contribution in [0.15, 0.2) is 4.99 Å². The maximum atomic E-state index is 5.24. The minimum Gasteiger partial charge on any atom is -0.383 e. The summed E-state index contributed by atoms with van der Waals surface area (Å²) in [5.74, 6) is 0.969. The lowest BCUT2D eigenvalue weighted by molar-refractivity contribution is 0.142. The Morgan fingerprint density at radius 3 is 2.48 bits per heavy atom. The number of nitrogens with one attached hydrogen (secondary N) is 2. The van der Waals surface area contributed by atoms with E-state index in [1.807, 2.05) is 0 Å². The molecule has 2 aliphatic heterocycles. The van der Waals surface area contributed by atoms with E-state index in [1.165, 1.54) is 51.6 Å². The number of ether oxygens (including phenoxy) is 1. The molecule has 0 saturated carbocycles. The van der Waals surface area contributed by atoms with Crippen LogP contribution in [0.4, 0.5) is 0 Å². The fraction of sp³-hybridized carbons (Fsp3) is 0.950. The Morgan fingerprint density at radius 1 is 1.00 bits per heavy atom. The molecule has 0 aliphatic carbocycles. The number of hydrogen-bond acceptors (Lipinski definition) is 4. The summed E-state index contributed by atoms with van der Waals surface area (Å²) in [7, 11) is 1.78. The van der Waals surface area contributed by atoms with E-state index in [0.717, 1.165) is 51.3 Å². The lowest BCUT2D eigenvalue weighted by atomic mass is 10.0. The van der Waals surface area contributed by atoms with E-state index >= 15 is 0 Å². The Labute approximate surface area is 183 Å². The molecule has 0 aromatic carbocycles. The number of likely N-dealkylation sites (tertiary alicyclic amines) is 2. The van der Waals surface area contributed by atoms with Crippen molar-refractivity contribution in [1.82, 2.24) is 20.4 Å². The summed E-state index contributed by atoms with van der Waals surface area (Å²) in [5, 5.41) is 6.95. The highest BCUT2D eigenvalue weighted by molar-refractivity contribution is 14.0. The van der Waals surface area contributed by atoms with Gasteiger partial charge >= 0.3 is 0 Å². The van der Waals surface area contributed by atoms with Crippen molar-refractivity contribution in [2.75, 3.05) is 59.5 Å². The van der Waals surface area contributed by atoms with E-state index in [9.17, 15) is 0 Å². The summed E-state index contributed by atoms with van der Waals surface area (Å²) >= 11 is 0. The number of methoxy groups -OCH3 is 1. The quantitative estimate of drug-likeness (QED) is 0.277. The van der Waals surface area contributed by atoms with E-state index in [2.05, 4.69) is 34.3 Å². The van der Waals surface area contributed by atoms with Crippen LogP contribution in [0.3, 0.4) is 0 Å². The molecule has 0 aromatic rings. The number of nitrogens with zero attached hydrogens (tertiary/aromatic N) is 3. The van der Waals surface area contributed by atoms with E-state index in [-0.39, 0.29) is 24.0 Å². The number of guanidine groups is 1. The Kier molecular flexibility index (Phi) is 13.7. The molecular weight excluding hydrogens is 453 g/mol. The largest absolute Gasteiger partial charge is 0.383 e. The number of halogens is 1. The molecule has 2 N–H and O–H groups in total. The van der Waals surface area contributed by atoms with Crippen molar-refractivity contribution in [3.63, 3.8) is 0 Å². The van der Waals surface area contributed by atoms with Crippen molar-refractivity contribution in [2.45, 2.75) is 64.5 Å². The molecule has 2 atom stereocenters. The van der Waals surface area contributed by atoms with Gasteiger partial charge in [-0.25, -0.2) is 0 Å². The van der Waals surface area contributed by atoms with Crippen LogP contribution in [0.5, 0.6) is 0 Å². The molecule has 0 amide bonds. The molecule has 2 unspecified atom stereocenters. The molecule has 2 heterocycles. The third-order valence-electron chi connectivity index (χ3n) is 5.80. The summed E-state index contributed by atoms with van der Waals surface area (Å²) in [6.07, 6.45) is 7.91. The summed E-state index contributed by atoms with van der Waals surface area (Å²) in [6.45, 7) is 12.6. The molecule has 0 spiro atoms. The minimum absolute atomic E-state index is 0. The lowest BCUT2D eigenvalue weighted by Gasteiger charge is -2.35. The zero-order valence-corrected chi connectivity index (χ0v) is 20.0. The van der Waals surface area contributed by atoms with Gasteiger partial charge in [0.1, 0.15) is 0 Å². The van der Waals surface area contributed by atoms with Crippen LogP contribution >= 0.6 is 24.0 Å². The van der Waals surface area contributed by atoms with Crippen molar-refractivity contribution in [3.05, 3.63) is 0 Å². The van der Waals surface area contributed by atoms with Gasteiger partial charge in [0, 0.05) is 45.4 Å². The number of hydrogen-bond donors (Lipinski definition) is 2. The monoisotopic (exact) mass is 495 g/mol. The Morgan fingerprint density at radius 2 is 1.74 bits per heavy atom. The van der Waals surface area contributed by atoms with Gasteiger partial charge in [0.25, 0.3) is 0 Å². The predicted octanol–water partition coefficient (Wildman–Crippen LogP) is 2.53. The third-order valence-corrected chi connectivity index (χ3v) is 5.80. The van der Waals surface area contributed by atoms with Gasteiger partial charge in [-0.2, -0.15) is 0 Å². The second kappa shape index (κ2) is 14.8. The molecule has 0 aromatic heterocycles. The fourth-order valence-electron chi connectivity index (χ4n) is 4.28. The standard InChI is InChI=1S/C20H41N5O.HI/c1-4-18-9-6-7-12-24(18)14-11-22-20(21-5-2)23-17-19-10-8-13-25(19)15-16-26-3;/h18-19H,4-17H2,1-3H3,(H2,21,22,23);1H. The van der Waals surface area contributed by atoms with Gasteiger partial charge in [0.2, 0.25) is 0 Å². The van der Waals surface area contributed by atoms with Crippen LogP contribution in [0.25, 0.3) is 0 Å². The first-order valence-electron chi connectivity index (χ1n) is 10.8. The highest BCUT2D eigenvalue weighted by Gasteiger charge is 2.24. The molecule has 7 heteroatoms. The molecular formula is C20H42IN5O. The van der Waals surface area contributed by atoms with Gasteiger partial charge < -0.3 is 15.4 Å². The van der Waals surface area contributed by atoms with Crippen molar-refractivity contribution < 1.29 is 4.74 Å². The third kappa shape index (κ3) is 8.83. The minimum atomic E-state index is 0. The van der Waals surface area contributed by atoms with Crippen LogP contribution in [-0.2, 0) is 4.74 Å². The lowest BCUT2D eigenvalue weighted by Crippen LogP contribution is -2.46. The molecule has 0 bridgehead atoms. The van der Waals surface area contributed by atoms with Crippen LogP contribution in [0.2, 0.25) is 0 Å². The second-order valence-corrected chi connectivity index (χ2v) is 7.57. The summed E-state index contributed by atoms with van der Waals surface area (Å²) in [6, 6.07) is 1.34. The summed E-state index contributed by atoms with van der Waals surface area (Å²) in [4.78, 5) is 10.0. The Bertz CT molecular complexity index is 410. The molecule has 160 valence electrons. The van der Waals surface area contributed by atoms with Crippen molar-refractivity contribution in [2.24, 2.45) is 4.99 Å². The van der Waals surface area contributed by atoms with E-state index in [1.54, 1.807) is 7.11 Å². The first-order chi connectivity index (χ1) is 12.8. The Hall–Kier alpha value is -0.120. The highest BCUT2D eigenvalue weighted by atomic mass is 127. The zero-order valence-electron chi connectivity index (χ0n) is 17.7. The molecule has 2 saturated heterocycles. The van der Waals surface area contributed by atoms with Gasteiger partial charge in [0.15, 0.2) is 5.96 Å². The highest BCUT2D eigenvalue weighted by Crippen LogP contribution is 2.18. The van der Waals surface area contributed by atoms with E-state index < -0.39 is 0 Å². The van der Waals surface area contributed by atoms with Crippen molar-refractivity contribution in [1.29, 1.82) is 0 Å². The van der Waals surface area contributed by atoms with E-state index in [4.69, 9.17) is 9.73 Å². The molecule has 2 aliphatic rings. The maximum Gasteiger partial charge on any atom is 0.191 e. The number of rotatable bonds is 10. The van der Waals surface area contributed by atoms with Gasteiger partial charge in [-0.05, 0) is 52.1 Å². The van der Waals surface area contributed by atoms with Gasteiger partial charge in [-0.3, -0.25) is 14.8 Å². The van der Waals surface area contributed by atoms with Crippen molar-refractivity contribution >= 4 is 29.9 Å². The SMILES string of the molecule is CCNC(=NCC1CCCN1CCOC)NCCN1CCCCC1CC.I. The number of piperidine rings is 1. The molecule has 6 nitrogen and oxygen atoms in total. The number of aliphatic imine (C=N–C) groups is 1. The fourth-order valence-corrected chi connectivity index (χ4v) is 4.28. The van der Waals surface area contributed by atoms with Crippen LogP contribution in [0.1, 0.15) is 52.4 Å². The van der Waals surface area contributed by atoms with Gasteiger partial charge in [-0.1, -0.05) is 13.3 Å². The molecule has 27 heavy (non-hydrogen) atoms. The van der Waals surface area contributed by atoms with Gasteiger partial charge in [0.05, 0.1) is 13.2 Å². The topological polar surface area (TPSA) is 52.1 Å². The normalized spacial score (nSPS) is 24.6. The average Bonchev–Trinajstić information content (AvgIpc) is 3.12. The molecule has 0 radical (unpaired) electrons. The first kappa shape index (κ1) is 24.9. The van der Waals surface area contributed by atoms with Crippen LogP contribution in [0, 0.1) is 0 Å². The smallest absolute Gasteiger partial charge is 0.191 e. The molecule has 2 fully saturated rings. The van der Waals surface area contributed by atoms with Crippen LogP contribution < -0.4 is 10.6 Å².